The number of hydrogen-bond acceptors (Lipinski definition) is 6. The number of amides is 1. The molecule has 1 amide bonds. The Morgan fingerprint density at radius 1 is 1.11 bits per heavy atom. The number of nitrogens with zero attached hydrogens (tertiary/aromatic N) is 4. The maximum atomic E-state index is 12.3. The second kappa shape index (κ2) is 11.3. The van der Waals surface area contributed by atoms with Gasteiger partial charge >= 0.3 is 6.09 Å². The average Bonchev–Trinajstić information content (AvgIpc) is 3.20. The van der Waals surface area contributed by atoms with E-state index in [4.69, 9.17) is 19.3 Å². The summed E-state index contributed by atoms with van der Waals surface area (Å²) in [5, 5.41) is 6.27. The van der Waals surface area contributed by atoms with E-state index in [1.807, 2.05) is 20.8 Å². The highest BCUT2D eigenvalue weighted by Gasteiger charge is 2.24. The fraction of sp³-hybridized carbons (Fsp3) is 0.704. The Hall–Kier alpha value is -2.16. The van der Waals surface area contributed by atoms with Crippen molar-refractivity contribution in [2.45, 2.75) is 77.2 Å². The zero-order chi connectivity index (χ0) is 25.0. The summed E-state index contributed by atoms with van der Waals surface area (Å²) in [6.07, 6.45) is 5.11. The molecular formula is C27H42N4O4. The second-order valence-electron chi connectivity index (χ2n) is 11.0. The first-order valence-electron chi connectivity index (χ1n) is 13.0. The van der Waals surface area contributed by atoms with Crippen LogP contribution < -0.4 is 0 Å². The van der Waals surface area contributed by atoms with Crippen LogP contribution in [0.4, 0.5) is 4.79 Å². The summed E-state index contributed by atoms with van der Waals surface area (Å²) in [4.78, 5) is 16.2. The van der Waals surface area contributed by atoms with Crippen molar-refractivity contribution in [3.05, 3.63) is 29.5 Å². The number of aromatic nitrogens is 2. The lowest BCUT2D eigenvalue weighted by Gasteiger charge is -2.26. The molecule has 0 spiro atoms. The van der Waals surface area contributed by atoms with Crippen LogP contribution in [0.3, 0.4) is 0 Å². The van der Waals surface area contributed by atoms with E-state index in [9.17, 15) is 4.79 Å². The topological polar surface area (TPSA) is 69.1 Å². The van der Waals surface area contributed by atoms with E-state index in [1.165, 1.54) is 17.4 Å². The van der Waals surface area contributed by atoms with Crippen molar-refractivity contribution in [1.82, 2.24) is 19.6 Å². The van der Waals surface area contributed by atoms with E-state index >= 15 is 0 Å². The highest BCUT2D eigenvalue weighted by atomic mass is 16.6. The van der Waals surface area contributed by atoms with Crippen LogP contribution in [0, 0.1) is 0 Å². The summed E-state index contributed by atoms with van der Waals surface area (Å²) in [5.41, 5.74) is 3.08. The number of carbonyl (C=O) groups is 1. The summed E-state index contributed by atoms with van der Waals surface area (Å²) < 4.78 is 19.3. The summed E-state index contributed by atoms with van der Waals surface area (Å²) in [7, 11) is 3.86. The molecule has 8 nitrogen and oxygen atoms in total. The average molecular weight is 487 g/mol. The Kier molecular flexibility index (Phi) is 8.34. The van der Waals surface area contributed by atoms with Gasteiger partial charge in [0, 0.05) is 51.9 Å². The Morgan fingerprint density at radius 2 is 1.89 bits per heavy atom. The summed E-state index contributed by atoms with van der Waals surface area (Å²) >= 11 is 0. The molecule has 0 saturated carbocycles. The zero-order valence-corrected chi connectivity index (χ0v) is 22.1. The highest BCUT2D eigenvalue weighted by molar-refractivity contribution is 5.83. The monoisotopic (exact) mass is 486 g/mol. The number of benzene rings is 1. The fourth-order valence-electron chi connectivity index (χ4n) is 4.85. The molecule has 1 aromatic heterocycles. The highest BCUT2D eigenvalue weighted by Crippen LogP contribution is 2.33. The number of likely N-dealkylation sites (N-methyl/N-ethyl adjacent to an activating group) is 2. The van der Waals surface area contributed by atoms with E-state index in [2.05, 4.69) is 34.8 Å². The van der Waals surface area contributed by atoms with Crippen molar-refractivity contribution in [1.29, 1.82) is 0 Å². The van der Waals surface area contributed by atoms with Crippen LogP contribution in [0.1, 0.15) is 76.3 Å². The lowest BCUT2D eigenvalue weighted by Crippen LogP contribution is -2.38. The van der Waals surface area contributed by atoms with Crippen molar-refractivity contribution in [3.8, 4) is 0 Å². The summed E-state index contributed by atoms with van der Waals surface area (Å²) in [6, 6.07) is 6.83. The van der Waals surface area contributed by atoms with Gasteiger partial charge in [0.2, 0.25) is 0 Å². The van der Waals surface area contributed by atoms with Crippen molar-refractivity contribution in [2.75, 3.05) is 47.0 Å². The van der Waals surface area contributed by atoms with Crippen LogP contribution in [0.15, 0.2) is 18.2 Å². The first kappa shape index (κ1) is 25.9. The van der Waals surface area contributed by atoms with Gasteiger partial charge in [0.25, 0.3) is 0 Å². The number of fused-ring (bicyclic) bond motifs is 1. The molecule has 2 saturated heterocycles. The normalized spacial score (nSPS) is 19.9. The van der Waals surface area contributed by atoms with Gasteiger partial charge < -0.3 is 19.1 Å². The molecule has 1 atom stereocenters. The molecule has 2 fully saturated rings. The maximum Gasteiger partial charge on any atom is 0.410 e. The molecule has 0 aliphatic carbocycles. The third kappa shape index (κ3) is 6.74. The molecule has 194 valence electrons. The molecule has 4 rings (SSSR count). The SMILES string of the molecule is CN(CCN(C)C(=O)OC(C)(C)C)Cc1nn(C2CCCCO2)c2ccc(C3CCOCC3)cc12. The van der Waals surface area contributed by atoms with Crippen LogP contribution in [-0.4, -0.2) is 78.3 Å². The zero-order valence-electron chi connectivity index (χ0n) is 22.1. The predicted octanol–water partition coefficient (Wildman–Crippen LogP) is 4.93. The lowest BCUT2D eigenvalue weighted by molar-refractivity contribution is -0.0370. The van der Waals surface area contributed by atoms with E-state index in [0.717, 1.165) is 63.3 Å². The second-order valence-corrected chi connectivity index (χ2v) is 11.0. The molecule has 0 N–H and O–H groups in total. The maximum absolute atomic E-state index is 12.3. The van der Waals surface area contributed by atoms with Crippen molar-refractivity contribution in [3.63, 3.8) is 0 Å². The summed E-state index contributed by atoms with van der Waals surface area (Å²) in [6.45, 7) is 10.1. The van der Waals surface area contributed by atoms with Gasteiger partial charge in [-0.3, -0.25) is 4.90 Å². The minimum absolute atomic E-state index is 0.00228. The Labute approximate surface area is 209 Å². The predicted molar refractivity (Wildman–Crippen MR) is 137 cm³/mol. The standard InChI is InChI=1S/C27H42N4O4/c1-27(2,3)35-26(32)30(5)14-13-29(4)19-23-22-18-21(20-11-16-33-17-12-20)9-10-24(22)31(28-23)25-8-6-7-15-34-25/h9-10,18,20,25H,6-8,11-17,19H2,1-5H3. The number of ether oxygens (including phenoxy) is 3. The van der Waals surface area contributed by atoms with Crippen molar-refractivity contribution >= 4 is 17.0 Å². The van der Waals surface area contributed by atoms with E-state index in [-0.39, 0.29) is 12.3 Å². The quantitative estimate of drug-likeness (QED) is 0.553. The van der Waals surface area contributed by atoms with Crippen molar-refractivity contribution < 1.29 is 19.0 Å². The van der Waals surface area contributed by atoms with Gasteiger partial charge in [-0.2, -0.15) is 5.10 Å². The molecule has 8 heteroatoms. The molecule has 3 heterocycles. The minimum Gasteiger partial charge on any atom is -0.444 e. The Bertz CT molecular complexity index is 987. The van der Waals surface area contributed by atoms with Crippen LogP contribution >= 0.6 is 0 Å². The fourth-order valence-corrected chi connectivity index (χ4v) is 4.85. The number of rotatable bonds is 7. The van der Waals surface area contributed by atoms with Crippen molar-refractivity contribution in [2.24, 2.45) is 0 Å². The van der Waals surface area contributed by atoms with Crippen LogP contribution in [-0.2, 0) is 20.8 Å². The molecule has 0 radical (unpaired) electrons. The third-order valence-electron chi connectivity index (χ3n) is 6.87. The molecule has 1 aromatic carbocycles. The largest absolute Gasteiger partial charge is 0.444 e. The van der Waals surface area contributed by atoms with E-state index < -0.39 is 5.60 Å². The molecule has 1 unspecified atom stereocenters. The molecule has 35 heavy (non-hydrogen) atoms. The minimum atomic E-state index is -0.494. The molecule has 2 aromatic rings. The van der Waals surface area contributed by atoms with Gasteiger partial charge in [-0.1, -0.05) is 6.07 Å². The van der Waals surface area contributed by atoms with E-state index in [1.54, 1.807) is 11.9 Å². The first-order valence-corrected chi connectivity index (χ1v) is 13.0. The molecule has 2 aliphatic rings. The number of carbonyl (C=O) groups excluding carboxylic acids is 1. The molecular weight excluding hydrogens is 444 g/mol. The van der Waals surface area contributed by atoms with Gasteiger partial charge in [-0.05, 0) is 83.5 Å². The van der Waals surface area contributed by atoms with Gasteiger partial charge in [0.15, 0.2) is 6.23 Å². The van der Waals surface area contributed by atoms with Gasteiger partial charge in [0.1, 0.15) is 5.60 Å². The van der Waals surface area contributed by atoms with Crippen LogP contribution in [0.2, 0.25) is 0 Å². The smallest absolute Gasteiger partial charge is 0.410 e. The van der Waals surface area contributed by atoms with Crippen LogP contribution in [0.25, 0.3) is 10.9 Å². The van der Waals surface area contributed by atoms with Gasteiger partial charge in [0.05, 0.1) is 11.2 Å². The first-order chi connectivity index (χ1) is 16.7. The van der Waals surface area contributed by atoms with E-state index in [0.29, 0.717) is 19.0 Å². The molecule has 0 bridgehead atoms. The Balaban J connectivity index is 1.51. The summed E-state index contributed by atoms with van der Waals surface area (Å²) in [5.74, 6) is 0.537. The van der Waals surface area contributed by atoms with Gasteiger partial charge in [-0.25, -0.2) is 9.48 Å². The molecule has 2 aliphatic heterocycles. The van der Waals surface area contributed by atoms with Crippen LogP contribution in [0.5, 0.6) is 0 Å². The number of hydrogen-bond donors (Lipinski definition) is 0. The Morgan fingerprint density at radius 3 is 2.57 bits per heavy atom. The lowest BCUT2D eigenvalue weighted by atomic mass is 9.91. The third-order valence-corrected chi connectivity index (χ3v) is 6.87. The van der Waals surface area contributed by atoms with Gasteiger partial charge in [-0.15, -0.1) is 0 Å².